The van der Waals surface area contributed by atoms with Gasteiger partial charge in [-0.1, -0.05) is 11.3 Å². The van der Waals surface area contributed by atoms with Crippen molar-refractivity contribution in [3.05, 3.63) is 59.6 Å². The smallest absolute Gasteiger partial charge is 0.259 e. The van der Waals surface area contributed by atoms with Crippen LogP contribution in [0.5, 0.6) is 5.75 Å². The van der Waals surface area contributed by atoms with E-state index in [2.05, 4.69) is 35.2 Å². The lowest BCUT2D eigenvalue weighted by Gasteiger charge is -2.13. The molecule has 1 saturated carbocycles. The first-order valence-corrected chi connectivity index (χ1v) is 12.6. The predicted octanol–water partition coefficient (Wildman–Crippen LogP) is 4.20. The van der Waals surface area contributed by atoms with E-state index in [1.807, 2.05) is 26.0 Å². The van der Waals surface area contributed by atoms with Gasteiger partial charge in [-0.15, -0.1) is 0 Å². The average Bonchev–Trinajstić information content (AvgIpc) is 3.63. The summed E-state index contributed by atoms with van der Waals surface area (Å²) in [6.07, 6.45) is 10.5. The summed E-state index contributed by atoms with van der Waals surface area (Å²) in [6, 6.07) is 3.74. The molecule has 11 heteroatoms. The van der Waals surface area contributed by atoms with Crippen LogP contribution in [0.1, 0.15) is 40.3 Å². The van der Waals surface area contributed by atoms with Crippen molar-refractivity contribution in [1.29, 1.82) is 0 Å². The molecule has 1 amide bonds. The first kappa shape index (κ1) is 24.4. The van der Waals surface area contributed by atoms with E-state index in [4.69, 9.17) is 10.5 Å². The molecule has 188 valence electrons. The first-order chi connectivity index (χ1) is 17.9. The van der Waals surface area contributed by atoms with Crippen molar-refractivity contribution in [3.8, 4) is 16.9 Å². The summed E-state index contributed by atoms with van der Waals surface area (Å²) in [5, 5.41) is 3.25. The Hall–Kier alpha value is -4.25. The number of amides is 1. The summed E-state index contributed by atoms with van der Waals surface area (Å²) < 4.78 is 5.50. The number of nitrogens with zero attached hydrogens (tertiary/aromatic N) is 6. The van der Waals surface area contributed by atoms with Crippen molar-refractivity contribution < 1.29 is 9.53 Å². The number of allylic oxidation sites excluding steroid dienone is 1. The molecule has 4 aromatic rings. The van der Waals surface area contributed by atoms with Gasteiger partial charge < -0.3 is 10.5 Å². The summed E-state index contributed by atoms with van der Waals surface area (Å²) in [7, 11) is 1.57. The van der Waals surface area contributed by atoms with Crippen LogP contribution in [-0.4, -0.2) is 50.7 Å². The zero-order valence-electron chi connectivity index (χ0n) is 20.7. The van der Waals surface area contributed by atoms with Crippen LogP contribution in [0.3, 0.4) is 0 Å². The number of anilines is 1. The highest BCUT2D eigenvalue weighted by atomic mass is 32.1. The lowest BCUT2D eigenvalue weighted by molar-refractivity contribution is 0.102. The van der Waals surface area contributed by atoms with Crippen molar-refractivity contribution in [3.63, 3.8) is 0 Å². The van der Waals surface area contributed by atoms with E-state index < -0.39 is 0 Å². The number of hydrogen-bond donors (Lipinski definition) is 2. The number of pyridine rings is 2. The van der Waals surface area contributed by atoms with Gasteiger partial charge in [-0.2, -0.15) is 4.98 Å². The fourth-order valence-corrected chi connectivity index (χ4v) is 4.55. The molecule has 4 aromatic heterocycles. The molecule has 3 N–H and O–H groups in total. The molecule has 37 heavy (non-hydrogen) atoms. The third kappa shape index (κ3) is 5.46. The number of fused-ring (bicyclic) bond motifs is 1. The molecular weight excluding hydrogens is 488 g/mol. The number of rotatable bonds is 8. The molecule has 0 aliphatic heterocycles. The van der Waals surface area contributed by atoms with Crippen LogP contribution in [0.2, 0.25) is 0 Å². The lowest BCUT2D eigenvalue weighted by atomic mass is 9.99. The monoisotopic (exact) mass is 514 g/mol. The SMILES string of the molecule is COc1cnc(C)cc1-c1cc(C)ncc1C(=O)Nc1nc2ncc(/C(C=NCC3CC3)=C/N)nc2s1. The van der Waals surface area contributed by atoms with E-state index in [1.54, 1.807) is 31.9 Å². The van der Waals surface area contributed by atoms with Crippen molar-refractivity contribution in [1.82, 2.24) is 24.9 Å². The number of aryl methyl sites for hydroxylation is 2. The Kier molecular flexibility index (Phi) is 6.87. The molecule has 1 fully saturated rings. The highest BCUT2D eigenvalue weighted by Crippen LogP contribution is 2.33. The van der Waals surface area contributed by atoms with Gasteiger partial charge in [0.05, 0.1) is 30.8 Å². The number of ether oxygens (including phenoxy) is 1. The van der Waals surface area contributed by atoms with Gasteiger partial charge in [-0.25, -0.2) is 9.97 Å². The van der Waals surface area contributed by atoms with Crippen molar-refractivity contribution in [2.24, 2.45) is 16.6 Å². The van der Waals surface area contributed by atoms with Crippen LogP contribution in [0.15, 0.2) is 41.9 Å². The number of nitrogens with two attached hydrogens (primary N) is 1. The van der Waals surface area contributed by atoms with Gasteiger partial charge in [0.2, 0.25) is 0 Å². The van der Waals surface area contributed by atoms with Gasteiger partial charge in [0, 0.05) is 53.2 Å². The molecular formula is C26H26N8O2S. The zero-order valence-corrected chi connectivity index (χ0v) is 21.5. The number of carbonyl (C=O) groups excluding carboxylic acids is 1. The van der Waals surface area contributed by atoms with E-state index in [1.165, 1.54) is 30.4 Å². The molecule has 0 bridgehead atoms. The van der Waals surface area contributed by atoms with E-state index in [9.17, 15) is 4.79 Å². The minimum absolute atomic E-state index is 0.354. The van der Waals surface area contributed by atoms with Crippen LogP contribution in [-0.2, 0) is 0 Å². The minimum atomic E-state index is -0.354. The fourth-order valence-electron chi connectivity index (χ4n) is 3.76. The van der Waals surface area contributed by atoms with Gasteiger partial charge >= 0.3 is 0 Å². The fraction of sp³-hybridized carbons (Fsp3) is 0.269. The number of aromatic nitrogens is 5. The minimum Gasteiger partial charge on any atom is -0.494 e. The Morgan fingerprint density at radius 3 is 2.62 bits per heavy atom. The number of carbonyl (C=O) groups is 1. The summed E-state index contributed by atoms with van der Waals surface area (Å²) in [6.45, 7) is 4.55. The summed E-state index contributed by atoms with van der Waals surface area (Å²) in [4.78, 5) is 40.5. The number of aliphatic imine (C=N–C) groups is 1. The molecule has 4 heterocycles. The number of thiazole rings is 1. The standard InChI is InChI=1S/C26H26N8O2S/c1-14-6-18(19-7-15(2)30-13-22(19)36-3)20(11-29-14)24(35)34-26-33-23-25(37-26)32-21(12-31-23)17(8-27)10-28-9-16-4-5-16/h6-8,10-13,16H,4-5,9,27H2,1-3H3,(H,31,33,34,35)/b17-8+,28-10?. The van der Waals surface area contributed by atoms with Gasteiger partial charge in [-0.3, -0.25) is 25.1 Å². The van der Waals surface area contributed by atoms with Crippen molar-refractivity contribution in [2.75, 3.05) is 19.0 Å². The predicted molar refractivity (Wildman–Crippen MR) is 145 cm³/mol. The molecule has 0 saturated heterocycles. The number of nitrogens with one attached hydrogen (secondary N) is 1. The van der Waals surface area contributed by atoms with Crippen LogP contribution in [0.25, 0.3) is 27.2 Å². The van der Waals surface area contributed by atoms with Crippen LogP contribution in [0.4, 0.5) is 5.13 Å². The number of hydrogen-bond acceptors (Lipinski definition) is 10. The molecule has 0 radical (unpaired) electrons. The summed E-state index contributed by atoms with van der Waals surface area (Å²) in [5.74, 6) is 0.896. The van der Waals surface area contributed by atoms with E-state index in [0.29, 0.717) is 49.7 Å². The van der Waals surface area contributed by atoms with Gasteiger partial charge in [0.15, 0.2) is 15.6 Å². The van der Waals surface area contributed by atoms with Crippen molar-refractivity contribution in [2.45, 2.75) is 26.7 Å². The third-order valence-electron chi connectivity index (χ3n) is 5.91. The van der Waals surface area contributed by atoms with E-state index >= 15 is 0 Å². The molecule has 1 aliphatic carbocycles. The van der Waals surface area contributed by atoms with Gasteiger partial charge in [0.1, 0.15) is 5.75 Å². The third-order valence-corrected chi connectivity index (χ3v) is 6.76. The molecule has 1 aliphatic rings. The Bertz CT molecular complexity index is 1540. The molecule has 0 unspecified atom stereocenters. The normalized spacial score (nSPS) is 13.9. The highest BCUT2D eigenvalue weighted by molar-refractivity contribution is 7.21. The Morgan fingerprint density at radius 1 is 1.14 bits per heavy atom. The summed E-state index contributed by atoms with van der Waals surface area (Å²) >= 11 is 1.23. The zero-order chi connectivity index (χ0) is 25.9. The van der Waals surface area contributed by atoms with E-state index in [0.717, 1.165) is 23.5 Å². The molecule has 10 nitrogen and oxygen atoms in total. The second kappa shape index (κ2) is 10.4. The highest BCUT2D eigenvalue weighted by Gasteiger charge is 2.21. The Morgan fingerprint density at radius 2 is 1.89 bits per heavy atom. The maximum absolute atomic E-state index is 13.4. The first-order valence-electron chi connectivity index (χ1n) is 11.8. The van der Waals surface area contributed by atoms with Gasteiger partial charge in [0.25, 0.3) is 5.91 Å². The number of methoxy groups -OCH3 is 1. The molecule has 0 spiro atoms. The second-order valence-electron chi connectivity index (χ2n) is 8.81. The Labute approximate surface area is 217 Å². The van der Waals surface area contributed by atoms with Crippen LogP contribution in [0, 0.1) is 19.8 Å². The van der Waals surface area contributed by atoms with E-state index in [-0.39, 0.29) is 5.91 Å². The van der Waals surface area contributed by atoms with Gasteiger partial charge in [-0.05, 0) is 44.7 Å². The second-order valence-corrected chi connectivity index (χ2v) is 9.79. The summed E-state index contributed by atoms with van der Waals surface area (Å²) in [5.41, 5.74) is 10.9. The molecule has 0 atom stereocenters. The van der Waals surface area contributed by atoms with Crippen molar-refractivity contribution >= 4 is 44.6 Å². The van der Waals surface area contributed by atoms with Crippen LogP contribution < -0.4 is 15.8 Å². The molecule has 0 aromatic carbocycles. The largest absolute Gasteiger partial charge is 0.494 e. The maximum atomic E-state index is 13.4. The average molecular weight is 515 g/mol. The quantitative estimate of drug-likeness (QED) is 0.333. The topological polar surface area (TPSA) is 141 Å². The Balaban J connectivity index is 1.42. The molecule has 5 rings (SSSR count). The maximum Gasteiger partial charge on any atom is 0.259 e. The van der Waals surface area contributed by atoms with Crippen LogP contribution >= 0.6 is 11.3 Å². The lowest BCUT2D eigenvalue weighted by Crippen LogP contribution is -2.14.